The highest BCUT2D eigenvalue weighted by Crippen LogP contribution is 2.42. The van der Waals surface area contributed by atoms with Crippen LogP contribution in [0.1, 0.15) is 53.9 Å². The fourth-order valence-electron chi connectivity index (χ4n) is 4.39. The Balaban J connectivity index is 1.80. The zero-order valence-corrected chi connectivity index (χ0v) is 21.9. The molecule has 1 heterocycles. The number of aliphatic hydroxyl groups excluding tert-OH is 1. The Hall–Kier alpha value is -4.39. The molecule has 4 rings (SSSR count). The minimum atomic E-state index is -0.871. The van der Waals surface area contributed by atoms with Gasteiger partial charge in [0.25, 0.3) is 11.7 Å². The number of amides is 1. The van der Waals surface area contributed by atoms with E-state index >= 15 is 0 Å². The van der Waals surface area contributed by atoms with Crippen LogP contribution in [0.5, 0.6) is 5.75 Å². The molecule has 1 N–H and O–H groups in total. The van der Waals surface area contributed by atoms with Gasteiger partial charge in [0.05, 0.1) is 30.4 Å². The first-order valence-corrected chi connectivity index (χ1v) is 12.6. The third-order valence-corrected chi connectivity index (χ3v) is 6.15. The number of ketones is 1. The highest BCUT2D eigenvalue weighted by Gasteiger charge is 2.47. The van der Waals surface area contributed by atoms with Crippen LogP contribution in [0.15, 0.2) is 78.4 Å². The van der Waals surface area contributed by atoms with Crippen molar-refractivity contribution in [1.82, 2.24) is 0 Å². The Bertz CT molecular complexity index is 1390. The van der Waals surface area contributed by atoms with Crippen LogP contribution in [-0.2, 0) is 14.3 Å². The van der Waals surface area contributed by atoms with Gasteiger partial charge >= 0.3 is 5.97 Å². The number of hydrogen-bond acceptors (Lipinski definition) is 6. The van der Waals surface area contributed by atoms with Crippen LogP contribution in [0.4, 0.5) is 5.69 Å². The molecule has 1 fully saturated rings. The summed E-state index contributed by atoms with van der Waals surface area (Å²) >= 11 is 0. The molecule has 1 aliphatic rings. The van der Waals surface area contributed by atoms with Gasteiger partial charge in [0.1, 0.15) is 11.5 Å². The van der Waals surface area contributed by atoms with E-state index in [1.54, 1.807) is 48.5 Å². The second-order valence-corrected chi connectivity index (χ2v) is 9.58. The van der Waals surface area contributed by atoms with Crippen LogP contribution in [0, 0.1) is 12.8 Å². The summed E-state index contributed by atoms with van der Waals surface area (Å²) in [6, 6.07) is 19.7. The van der Waals surface area contributed by atoms with Crippen molar-refractivity contribution in [2.45, 2.75) is 33.7 Å². The molecule has 3 aromatic rings. The average Bonchev–Trinajstić information content (AvgIpc) is 3.17. The maximum atomic E-state index is 13.4. The standard InChI is InChI=1S/C31H31NO6/c1-5-37-25-11-7-10-23(17-25)28(33)26-27(22-9-6-8-20(4)16-22)32(30(35)29(26)34)24-14-12-21(13-15-24)31(36)38-18-19(2)3/h6-17,19,27,33H,5,18H2,1-4H3/b28-26+. The van der Waals surface area contributed by atoms with Crippen LogP contribution < -0.4 is 9.64 Å². The maximum Gasteiger partial charge on any atom is 0.338 e. The normalized spacial score (nSPS) is 16.7. The number of benzene rings is 3. The molecule has 0 aromatic heterocycles. The summed E-state index contributed by atoms with van der Waals surface area (Å²) < 4.78 is 10.8. The van der Waals surface area contributed by atoms with E-state index in [1.807, 2.05) is 52.0 Å². The number of carbonyl (C=O) groups excluding carboxylic acids is 3. The van der Waals surface area contributed by atoms with Gasteiger partial charge in [-0.1, -0.05) is 55.8 Å². The second-order valence-electron chi connectivity index (χ2n) is 9.58. The van der Waals surface area contributed by atoms with Crippen LogP contribution >= 0.6 is 0 Å². The number of aliphatic hydroxyl groups is 1. The zero-order valence-electron chi connectivity index (χ0n) is 21.9. The van der Waals surface area contributed by atoms with Crippen molar-refractivity contribution >= 4 is 29.1 Å². The number of esters is 1. The Morgan fingerprint density at radius 1 is 0.974 bits per heavy atom. The number of nitrogens with zero attached hydrogens (tertiary/aromatic N) is 1. The number of rotatable bonds is 8. The minimum Gasteiger partial charge on any atom is -0.507 e. The maximum absolute atomic E-state index is 13.4. The molecule has 1 aliphatic heterocycles. The van der Waals surface area contributed by atoms with Gasteiger partial charge in [0, 0.05) is 11.3 Å². The van der Waals surface area contributed by atoms with Crippen molar-refractivity contribution < 1.29 is 29.0 Å². The summed E-state index contributed by atoms with van der Waals surface area (Å²) in [5.41, 5.74) is 2.72. The molecule has 196 valence electrons. The Morgan fingerprint density at radius 3 is 2.34 bits per heavy atom. The quantitative estimate of drug-likeness (QED) is 0.176. The van der Waals surface area contributed by atoms with Gasteiger partial charge < -0.3 is 14.6 Å². The summed E-state index contributed by atoms with van der Waals surface area (Å²) in [5.74, 6) is -1.57. The number of anilines is 1. The van der Waals surface area contributed by atoms with Gasteiger partial charge in [-0.05, 0) is 61.7 Å². The smallest absolute Gasteiger partial charge is 0.338 e. The summed E-state index contributed by atoms with van der Waals surface area (Å²) in [6.07, 6.45) is 0. The first-order valence-electron chi connectivity index (χ1n) is 12.6. The monoisotopic (exact) mass is 513 g/mol. The van der Waals surface area contributed by atoms with Crippen molar-refractivity contribution in [1.29, 1.82) is 0 Å². The Labute approximate surface area is 222 Å². The van der Waals surface area contributed by atoms with Crippen molar-refractivity contribution in [2.24, 2.45) is 5.92 Å². The lowest BCUT2D eigenvalue weighted by molar-refractivity contribution is -0.132. The number of Topliss-reactive ketones (excluding diaryl/α,β-unsaturated/α-hetero) is 1. The molecule has 1 unspecified atom stereocenters. The molecule has 0 aliphatic carbocycles. The van der Waals surface area contributed by atoms with Crippen LogP contribution in [0.3, 0.4) is 0 Å². The van der Waals surface area contributed by atoms with E-state index in [9.17, 15) is 19.5 Å². The van der Waals surface area contributed by atoms with E-state index in [-0.39, 0.29) is 17.3 Å². The van der Waals surface area contributed by atoms with E-state index in [0.717, 1.165) is 5.56 Å². The third kappa shape index (κ3) is 5.47. The van der Waals surface area contributed by atoms with Crippen molar-refractivity contribution in [3.05, 3.63) is 101 Å². The molecule has 1 saturated heterocycles. The molecular weight excluding hydrogens is 482 g/mol. The molecule has 1 atom stereocenters. The van der Waals surface area contributed by atoms with Crippen LogP contribution in [-0.4, -0.2) is 36.0 Å². The topological polar surface area (TPSA) is 93.1 Å². The van der Waals surface area contributed by atoms with Crippen molar-refractivity contribution in [2.75, 3.05) is 18.1 Å². The lowest BCUT2D eigenvalue weighted by Gasteiger charge is -2.26. The van der Waals surface area contributed by atoms with Gasteiger partial charge in [0.15, 0.2) is 0 Å². The fraction of sp³-hybridized carbons (Fsp3) is 0.258. The van der Waals surface area contributed by atoms with Gasteiger partial charge in [-0.25, -0.2) is 4.79 Å². The van der Waals surface area contributed by atoms with E-state index in [2.05, 4.69) is 0 Å². The van der Waals surface area contributed by atoms with Crippen molar-refractivity contribution in [3.8, 4) is 5.75 Å². The summed E-state index contributed by atoms with van der Waals surface area (Å²) in [4.78, 5) is 40.5. The van der Waals surface area contributed by atoms with Gasteiger partial charge in [-0.2, -0.15) is 0 Å². The molecular formula is C31H31NO6. The Morgan fingerprint density at radius 2 is 1.68 bits per heavy atom. The van der Waals surface area contributed by atoms with Gasteiger partial charge in [-0.15, -0.1) is 0 Å². The second kappa shape index (κ2) is 11.3. The van der Waals surface area contributed by atoms with E-state index in [4.69, 9.17) is 9.47 Å². The molecule has 3 aromatic carbocycles. The number of carbonyl (C=O) groups is 3. The minimum absolute atomic E-state index is 0.0188. The molecule has 0 spiro atoms. The Kier molecular flexibility index (Phi) is 7.96. The number of aryl methyl sites for hydroxylation is 1. The highest BCUT2D eigenvalue weighted by atomic mass is 16.5. The number of hydrogen-bond donors (Lipinski definition) is 1. The molecule has 0 saturated carbocycles. The molecule has 1 amide bonds. The average molecular weight is 514 g/mol. The predicted octanol–water partition coefficient (Wildman–Crippen LogP) is 5.83. The first-order chi connectivity index (χ1) is 18.2. The van der Waals surface area contributed by atoms with Crippen LogP contribution in [0.2, 0.25) is 0 Å². The van der Waals surface area contributed by atoms with Crippen LogP contribution in [0.25, 0.3) is 5.76 Å². The molecule has 0 radical (unpaired) electrons. The first kappa shape index (κ1) is 26.7. The summed E-state index contributed by atoms with van der Waals surface area (Å²) in [5, 5.41) is 11.4. The van der Waals surface area contributed by atoms with Gasteiger partial charge in [-0.3, -0.25) is 14.5 Å². The highest BCUT2D eigenvalue weighted by molar-refractivity contribution is 6.51. The summed E-state index contributed by atoms with van der Waals surface area (Å²) in [7, 11) is 0. The lowest BCUT2D eigenvalue weighted by Crippen LogP contribution is -2.29. The molecule has 7 heteroatoms. The van der Waals surface area contributed by atoms with Crippen molar-refractivity contribution in [3.63, 3.8) is 0 Å². The fourth-order valence-corrected chi connectivity index (χ4v) is 4.39. The zero-order chi connectivity index (χ0) is 27.4. The van der Waals surface area contributed by atoms with E-state index < -0.39 is 23.7 Å². The molecule has 38 heavy (non-hydrogen) atoms. The molecule has 0 bridgehead atoms. The third-order valence-electron chi connectivity index (χ3n) is 6.15. The number of ether oxygens (including phenoxy) is 2. The lowest BCUT2D eigenvalue weighted by atomic mass is 9.94. The SMILES string of the molecule is CCOc1cccc(/C(O)=C2\C(=O)C(=O)N(c3ccc(C(=O)OCC(C)C)cc3)C2c2cccc(C)c2)c1. The van der Waals surface area contributed by atoms with Gasteiger partial charge in [0.2, 0.25) is 0 Å². The van der Waals surface area contributed by atoms with E-state index in [1.165, 1.54) is 4.90 Å². The predicted molar refractivity (Wildman–Crippen MR) is 145 cm³/mol. The largest absolute Gasteiger partial charge is 0.507 e. The molecule has 7 nitrogen and oxygen atoms in total. The summed E-state index contributed by atoms with van der Waals surface area (Å²) in [6.45, 7) is 8.41. The van der Waals surface area contributed by atoms with E-state index in [0.29, 0.717) is 41.3 Å².